The van der Waals surface area contributed by atoms with E-state index < -0.39 is 0 Å². The molecule has 0 heterocycles. The zero-order valence-electron chi connectivity index (χ0n) is 11.5. The zero-order chi connectivity index (χ0) is 15.1. The van der Waals surface area contributed by atoms with E-state index in [1.165, 1.54) is 0 Å². The third-order valence-electron chi connectivity index (χ3n) is 3.01. The lowest BCUT2D eigenvalue weighted by Gasteiger charge is -2.11. The van der Waals surface area contributed by atoms with Gasteiger partial charge in [0.15, 0.2) is 0 Å². The quantitative estimate of drug-likeness (QED) is 0.776. The summed E-state index contributed by atoms with van der Waals surface area (Å²) in [5, 5.41) is 14.6. The van der Waals surface area contributed by atoms with Crippen LogP contribution in [-0.2, 0) is 13.0 Å². The number of hydrogen-bond acceptors (Lipinski definition) is 2. The van der Waals surface area contributed by atoms with Crippen LogP contribution in [0, 0.1) is 0 Å². The van der Waals surface area contributed by atoms with Crippen LogP contribution in [0.1, 0.15) is 11.1 Å². The molecule has 0 saturated heterocycles. The topological polar surface area (TPSA) is 61.4 Å². The maximum absolute atomic E-state index is 11.9. The normalized spacial score (nSPS) is 10.2. The van der Waals surface area contributed by atoms with Crippen molar-refractivity contribution in [3.8, 4) is 0 Å². The van der Waals surface area contributed by atoms with Crippen LogP contribution in [0.2, 0.25) is 0 Å². The van der Waals surface area contributed by atoms with E-state index in [0.717, 1.165) is 21.3 Å². The van der Waals surface area contributed by atoms with Crippen LogP contribution in [-0.4, -0.2) is 17.7 Å². The molecule has 3 N–H and O–H groups in total. The van der Waals surface area contributed by atoms with Crippen molar-refractivity contribution in [3.63, 3.8) is 0 Å². The van der Waals surface area contributed by atoms with Crippen molar-refractivity contribution in [2.45, 2.75) is 13.0 Å². The van der Waals surface area contributed by atoms with Gasteiger partial charge in [0.1, 0.15) is 0 Å². The molecule has 0 radical (unpaired) electrons. The predicted molar refractivity (Wildman–Crippen MR) is 87.2 cm³/mol. The Kier molecular flexibility index (Phi) is 5.78. The molecule has 0 aliphatic rings. The molecular weight excluding hydrogens is 332 g/mol. The Hall–Kier alpha value is -1.85. The molecule has 5 heteroatoms. The van der Waals surface area contributed by atoms with E-state index in [1.54, 1.807) is 0 Å². The van der Waals surface area contributed by atoms with Crippen molar-refractivity contribution < 1.29 is 9.90 Å². The maximum atomic E-state index is 11.9. The molecule has 110 valence electrons. The Bertz CT molecular complexity index is 599. The molecule has 4 nitrogen and oxygen atoms in total. The molecule has 2 amide bonds. The fraction of sp³-hybridized carbons (Fsp3) is 0.188. The molecule has 0 aliphatic carbocycles. The smallest absolute Gasteiger partial charge is 0.319 e. The molecule has 0 unspecified atom stereocenters. The van der Waals surface area contributed by atoms with Crippen molar-refractivity contribution in [1.82, 2.24) is 5.32 Å². The van der Waals surface area contributed by atoms with Gasteiger partial charge in [-0.15, -0.1) is 0 Å². The first kappa shape index (κ1) is 15.5. The highest BCUT2D eigenvalue weighted by Crippen LogP contribution is 2.15. The largest absolute Gasteiger partial charge is 0.396 e. The molecule has 0 saturated carbocycles. The molecule has 0 aromatic heterocycles. The minimum atomic E-state index is -0.261. The first-order valence-corrected chi connectivity index (χ1v) is 7.46. The van der Waals surface area contributed by atoms with Gasteiger partial charge in [-0.1, -0.05) is 46.3 Å². The van der Waals surface area contributed by atoms with Gasteiger partial charge in [-0.2, -0.15) is 0 Å². The molecule has 2 aromatic rings. The summed E-state index contributed by atoms with van der Waals surface area (Å²) in [6.07, 6.45) is 0.517. The minimum absolute atomic E-state index is 0.0548. The molecule has 2 aromatic carbocycles. The van der Waals surface area contributed by atoms with Gasteiger partial charge in [0.05, 0.1) is 0 Å². The molecule has 0 bridgehead atoms. The lowest BCUT2D eigenvalue weighted by molar-refractivity contribution is 0.251. The highest BCUT2D eigenvalue weighted by atomic mass is 79.9. The fourth-order valence-electron chi connectivity index (χ4n) is 1.93. The number of aliphatic hydroxyl groups is 1. The summed E-state index contributed by atoms with van der Waals surface area (Å²) >= 11 is 3.37. The van der Waals surface area contributed by atoms with Crippen molar-refractivity contribution >= 4 is 27.6 Å². The Morgan fingerprint density at radius 1 is 1.10 bits per heavy atom. The minimum Gasteiger partial charge on any atom is -0.396 e. The number of amides is 2. The average Bonchev–Trinajstić information content (AvgIpc) is 2.49. The van der Waals surface area contributed by atoms with Gasteiger partial charge in [0, 0.05) is 23.3 Å². The summed E-state index contributed by atoms with van der Waals surface area (Å²) in [6, 6.07) is 15.0. The van der Waals surface area contributed by atoms with Gasteiger partial charge in [-0.3, -0.25) is 0 Å². The third-order valence-corrected chi connectivity index (χ3v) is 3.54. The van der Waals surface area contributed by atoms with Gasteiger partial charge in [-0.25, -0.2) is 4.79 Å². The van der Waals surface area contributed by atoms with Gasteiger partial charge in [0.25, 0.3) is 0 Å². The summed E-state index contributed by atoms with van der Waals surface area (Å²) in [5.41, 5.74) is 2.66. The van der Waals surface area contributed by atoms with Crippen LogP contribution in [0.4, 0.5) is 10.5 Å². The SMILES string of the molecule is O=C(NCc1ccc(Br)cc1)Nc1ccccc1CCO. The Balaban J connectivity index is 1.91. The number of halogens is 1. The number of nitrogens with one attached hydrogen (secondary N) is 2. The van der Waals surface area contributed by atoms with Gasteiger partial charge in [0.2, 0.25) is 0 Å². The first-order chi connectivity index (χ1) is 10.2. The first-order valence-electron chi connectivity index (χ1n) is 6.67. The highest BCUT2D eigenvalue weighted by Gasteiger charge is 2.05. The van der Waals surface area contributed by atoms with Crippen molar-refractivity contribution in [3.05, 3.63) is 64.1 Å². The van der Waals surface area contributed by atoms with Crippen LogP contribution >= 0.6 is 15.9 Å². The van der Waals surface area contributed by atoms with E-state index in [-0.39, 0.29) is 12.6 Å². The zero-order valence-corrected chi connectivity index (χ0v) is 13.1. The molecule has 0 spiro atoms. The average molecular weight is 349 g/mol. The second kappa shape index (κ2) is 7.81. The molecule has 2 rings (SSSR count). The molecule has 0 atom stereocenters. The number of anilines is 1. The number of benzene rings is 2. The van der Waals surface area contributed by atoms with Crippen LogP contribution in [0.25, 0.3) is 0 Å². The highest BCUT2D eigenvalue weighted by molar-refractivity contribution is 9.10. The van der Waals surface area contributed by atoms with E-state index in [9.17, 15) is 4.79 Å². The summed E-state index contributed by atoms with van der Waals surface area (Å²) < 4.78 is 1.01. The molecule has 0 fully saturated rings. The van der Waals surface area contributed by atoms with Gasteiger partial charge >= 0.3 is 6.03 Å². The lowest BCUT2D eigenvalue weighted by atomic mass is 10.1. The Morgan fingerprint density at radius 2 is 1.81 bits per heavy atom. The Morgan fingerprint density at radius 3 is 2.52 bits per heavy atom. The number of rotatable bonds is 5. The van der Waals surface area contributed by atoms with Crippen LogP contribution in [0.3, 0.4) is 0 Å². The number of hydrogen-bond donors (Lipinski definition) is 3. The second-order valence-electron chi connectivity index (χ2n) is 4.56. The summed E-state index contributed by atoms with van der Waals surface area (Å²) in [6.45, 7) is 0.514. The van der Waals surface area contributed by atoms with Crippen molar-refractivity contribution in [2.24, 2.45) is 0 Å². The van der Waals surface area contributed by atoms with Crippen molar-refractivity contribution in [2.75, 3.05) is 11.9 Å². The van der Waals surface area contributed by atoms with Gasteiger partial charge in [-0.05, 0) is 35.7 Å². The van der Waals surface area contributed by atoms with Gasteiger partial charge < -0.3 is 15.7 Å². The molecular formula is C16H17BrN2O2. The van der Waals surface area contributed by atoms with Crippen LogP contribution in [0.15, 0.2) is 53.0 Å². The summed E-state index contributed by atoms with van der Waals surface area (Å²) in [5.74, 6) is 0. The van der Waals surface area contributed by atoms with E-state index >= 15 is 0 Å². The number of carbonyl (C=O) groups is 1. The lowest BCUT2D eigenvalue weighted by Crippen LogP contribution is -2.28. The molecule has 0 aliphatic heterocycles. The summed E-state index contributed by atoms with van der Waals surface area (Å²) in [7, 11) is 0. The predicted octanol–water partition coefficient (Wildman–Crippen LogP) is 3.31. The number of urea groups is 1. The number of aliphatic hydroxyl groups excluding tert-OH is 1. The van der Waals surface area contributed by atoms with E-state index in [1.807, 2.05) is 48.5 Å². The molecule has 21 heavy (non-hydrogen) atoms. The van der Waals surface area contributed by atoms with E-state index in [0.29, 0.717) is 13.0 Å². The second-order valence-corrected chi connectivity index (χ2v) is 5.48. The van der Waals surface area contributed by atoms with E-state index in [4.69, 9.17) is 5.11 Å². The van der Waals surface area contributed by atoms with E-state index in [2.05, 4.69) is 26.6 Å². The monoisotopic (exact) mass is 348 g/mol. The number of carbonyl (C=O) groups excluding carboxylic acids is 1. The van der Waals surface area contributed by atoms with Crippen molar-refractivity contribution in [1.29, 1.82) is 0 Å². The number of para-hydroxylation sites is 1. The van der Waals surface area contributed by atoms with Crippen LogP contribution in [0.5, 0.6) is 0 Å². The standard InChI is InChI=1S/C16H17BrN2O2/c17-14-7-5-12(6-8-14)11-18-16(21)19-15-4-2-1-3-13(15)9-10-20/h1-8,20H,9-11H2,(H2,18,19,21). The fourth-order valence-corrected chi connectivity index (χ4v) is 2.20. The summed E-state index contributed by atoms with van der Waals surface area (Å²) in [4.78, 5) is 11.9. The maximum Gasteiger partial charge on any atom is 0.319 e. The van der Waals surface area contributed by atoms with Crippen LogP contribution < -0.4 is 10.6 Å². The Labute approximate surface area is 132 Å². The third kappa shape index (κ3) is 4.88.